The van der Waals surface area contributed by atoms with Gasteiger partial charge in [0.15, 0.2) is 5.96 Å². The summed E-state index contributed by atoms with van der Waals surface area (Å²) in [5.74, 6) is 0.874. The number of likely N-dealkylation sites (tertiary alicyclic amines) is 1. The first-order valence-corrected chi connectivity index (χ1v) is 9.85. The van der Waals surface area contributed by atoms with Crippen LogP contribution in [0, 0.1) is 23.7 Å². The van der Waals surface area contributed by atoms with E-state index >= 15 is 0 Å². The average Bonchev–Trinajstić information content (AvgIpc) is 3.50. The van der Waals surface area contributed by atoms with E-state index in [4.69, 9.17) is 4.42 Å². The number of furan rings is 1. The van der Waals surface area contributed by atoms with E-state index in [2.05, 4.69) is 33.1 Å². The third-order valence-electron chi connectivity index (χ3n) is 5.87. The topological polar surface area (TPSA) is 116 Å². The lowest BCUT2D eigenvalue weighted by atomic mass is 9.85. The van der Waals surface area contributed by atoms with Crippen LogP contribution in [0.4, 0.5) is 0 Å². The Morgan fingerprint density at radius 1 is 1.17 bits per heavy atom. The quantitative estimate of drug-likeness (QED) is 0.255. The van der Waals surface area contributed by atoms with Crippen molar-refractivity contribution in [3.63, 3.8) is 0 Å². The molecule has 3 amide bonds. The molecule has 2 fully saturated rings. The maximum atomic E-state index is 12.7. The molecule has 3 N–H and O–H groups in total. The van der Waals surface area contributed by atoms with Crippen molar-refractivity contribution in [1.29, 1.82) is 0 Å². The summed E-state index contributed by atoms with van der Waals surface area (Å²) in [4.78, 5) is 42.6. The number of nitrogens with zero attached hydrogens (tertiary/aromatic N) is 2. The number of imide groups is 1. The molecule has 1 saturated heterocycles. The first-order chi connectivity index (χ1) is 14.1. The SMILES string of the molecule is CN=C(NCCN1C(=O)C2C3C=CC(C3)C2C1=O)NCC(=O)NCc1ccco1. The number of hydrogen-bond acceptors (Lipinski definition) is 5. The third-order valence-corrected chi connectivity index (χ3v) is 5.87. The molecule has 9 heteroatoms. The summed E-state index contributed by atoms with van der Waals surface area (Å²) >= 11 is 0. The van der Waals surface area contributed by atoms with Crippen molar-refractivity contribution in [3.8, 4) is 0 Å². The molecule has 0 aromatic carbocycles. The van der Waals surface area contributed by atoms with Gasteiger partial charge in [0.05, 0.1) is 31.2 Å². The number of nitrogens with one attached hydrogen (secondary N) is 3. The number of aliphatic imine (C=N–C) groups is 1. The molecule has 2 aliphatic carbocycles. The Hall–Kier alpha value is -3.10. The Bertz CT molecular complexity index is 817. The summed E-state index contributed by atoms with van der Waals surface area (Å²) in [7, 11) is 1.59. The molecule has 0 radical (unpaired) electrons. The second-order valence-electron chi connectivity index (χ2n) is 7.54. The number of carbonyl (C=O) groups excluding carboxylic acids is 3. The van der Waals surface area contributed by atoms with E-state index in [0.717, 1.165) is 6.42 Å². The molecule has 2 heterocycles. The van der Waals surface area contributed by atoms with E-state index in [1.54, 1.807) is 25.4 Å². The van der Waals surface area contributed by atoms with Gasteiger partial charge in [0, 0.05) is 20.1 Å². The van der Waals surface area contributed by atoms with E-state index in [1.807, 2.05) is 0 Å². The summed E-state index contributed by atoms with van der Waals surface area (Å²) in [6, 6.07) is 3.54. The van der Waals surface area contributed by atoms with Gasteiger partial charge in [0.25, 0.3) is 0 Å². The fourth-order valence-corrected chi connectivity index (χ4v) is 4.52. The molecular formula is C20H25N5O4. The van der Waals surface area contributed by atoms with Gasteiger partial charge in [-0.3, -0.25) is 24.3 Å². The molecule has 1 aromatic rings. The van der Waals surface area contributed by atoms with Crippen molar-refractivity contribution >= 4 is 23.7 Å². The van der Waals surface area contributed by atoms with Crippen LogP contribution in [-0.4, -0.2) is 55.3 Å². The number of rotatable bonds is 7. The van der Waals surface area contributed by atoms with Crippen LogP contribution in [-0.2, 0) is 20.9 Å². The zero-order chi connectivity index (χ0) is 20.4. The van der Waals surface area contributed by atoms with E-state index in [1.165, 1.54) is 4.90 Å². The normalized spacial score (nSPS) is 27.5. The number of hydrogen-bond donors (Lipinski definition) is 3. The van der Waals surface area contributed by atoms with Crippen LogP contribution in [0.2, 0.25) is 0 Å². The van der Waals surface area contributed by atoms with Gasteiger partial charge in [0.2, 0.25) is 17.7 Å². The molecule has 2 bridgehead atoms. The van der Waals surface area contributed by atoms with E-state index in [-0.39, 0.29) is 54.5 Å². The van der Waals surface area contributed by atoms with Gasteiger partial charge in [0.1, 0.15) is 5.76 Å². The Morgan fingerprint density at radius 3 is 2.52 bits per heavy atom. The zero-order valence-electron chi connectivity index (χ0n) is 16.3. The van der Waals surface area contributed by atoms with Crippen molar-refractivity contribution in [3.05, 3.63) is 36.3 Å². The lowest BCUT2D eigenvalue weighted by Gasteiger charge is -2.18. The molecule has 1 aromatic heterocycles. The van der Waals surface area contributed by atoms with Gasteiger partial charge in [-0.2, -0.15) is 0 Å². The first-order valence-electron chi connectivity index (χ1n) is 9.85. The molecule has 29 heavy (non-hydrogen) atoms. The highest BCUT2D eigenvalue weighted by atomic mass is 16.3. The van der Waals surface area contributed by atoms with Crippen molar-refractivity contribution in [2.24, 2.45) is 28.7 Å². The van der Waals surface area contributed by atoms with Crippen LogP contribution in [0.25, 0.3) is 0 Å². The van der Waals surface area contributed by atoms with Crippen LogP contribution in [0.5, 0.6) is 0 Å². The van der Waals surface area contributed by atoms with Crippen molar-refractivity contribution in [1.82, 2.24) is 20.9 Å². The van der Waals surface area contributed by atoms with Crippen molar-refractivity contribution in [2.45, 2.75) is 13.0 Å². The summed E-state index contributed by atoms with van der Waals surface area (Å²) in [6.45, 7) is 1.02. The van der Waals surface area contributed by atoms with Gasteiger partial charge in [-0.1, -0.05) is 12.2 Å². The van der Waals surface area contributed by atoms with Crippen LogP contribution < -0.4 is 16.0 Å². The fourth-order valence-electron chi connectivity index (χ4n) is 4.52. The van der Waals surface area contributed by atoms with Crippen molar-refractivity contribution < 1.29 is 18.8 Å². The largest absolute Gasteiger partial charge is 0.467 e. The number of fused-ring (bicyclic) bond motifs is 5. The molecule has 4 rings (SSSR count). The molecular weight excluding hydrogens is 374 g/mol. The van der Waals surface area contributed by atoms with E-state index < -0.39 is 0 Å². The molecule has 1 aliphatic heterocycles. The number of allylic oxidation sites excluding steroid dienone is 2. The van der Waals surface area contributed by atoms with Gasteiger partial charge in [-0.05, 0) is 30.4 Å². The summed E-state index contributed by atoms with van der Waals surface area (Å²) in [5, 5.41) is 8.69. The molecule has 4 atom stereocenters. The van der Waals surface area contributed by atoms with Gasteiger partial charge < -0.3 is 20.4 Å². The second kappa shape index (κ2) is 8.10. The third kappa shape index (κ3) is 3.76. The van der Waals surface area contributed by atoms with Gasteiger partial charge in [-0.25, -0.2) is 0 Å². The monoisotopic (exact) mass is 399 g/mol. The summed E-state index contributed by atoms with van der Waals surface area (Å²) in [5.41, 5.74) is 0. The highest BCUT2D eigenvalue weighted by molar-refractivity contribution is 6.06. The Balaban J connectivity index is 1.19. The molecule has 154 valence electrons. The second-order valence-corrected chi connectivity index (χ2v) is 7.54. The molecule has 4 unspecified atom stereocenters. The zero-order valence-corrected chi connectivity index (χ0v) is 16.3. The molecule has 3 aliphatic rings. The fraction of sp³-hybridized carbons (Fsp3) is 0.500. The minimum atomic E-state index is -0.204. The number of amides is 3. The maximum absolute atomic E-state index is 12.7. The highest BCUT2D eigenvalue weighted by Crippen LogP contribution is 2.52. The average molecular weight is 399 g/mol. The van der Waals surface area contributed by atoms with Crippen LogP contribution >= 0.6 is 0 Å². The Labute approximate surface area is 168 Å². The van der Waals surface area contributed by atoms with Crippen LogP contribution in [0.1, 0.15) is 12.2 Å². The summed E-state index contributed by atoms with van der Waals surface area (Å²) in [6.07, 6.45) is 6.65. The number of carbonyl (C=O) groups is 3. The van der Waals surface area contributed by atoms with Gasteiger partial charge >= 0.3 is 0 Å². The van der Waals surface area contributed by atoms with Crippen molar-refractivity contribution in [2.75, 3.05) is 26.7 Å². The smallest absolute Gasteiger partial charge is 0.239 e. The first kappa shape index (κ1) is 19.2. The van der Waals surface area contributed by atoms with E-state index in [0.29, 0.717) is 24.8 Å². The summed E-state index contributed by atoms with van der Waals surface area (Å²) < 4.78 is 5.16. The van der Waals surface area contributed by atoms with Gasteiger partial charge in [-0.15, -0.1) is 0 Å². The van der Waals surface area contributed by atoms with Crippen LogP contribution in [0.3, 0.4) is 0 Å². The predicted octanol–water partition coefficient (Wildman–Crippen LogP) is -0.132. The minimum Gasteiger partial charge on any atom is -0.467 e. The minimum absolute atomic E-state index is 0.0428. The maximum Gasteiger partial charge on any atom is 0.239 e. The Morgan fingerprint density at radius 2 is 1.90 bits per heavy atom. The standard InChI is InChI=1S/C20H25N5O4/c1-21-20(24-11-15(26)23-10-14-3-2-8-29-14)22-6-7-25-18(27)16-12-4-5-13(9-12)17(16)19(25)28/h2-5,8,12-13,16-17H,6-7,9-11H2,1H3,(H,23,26)(H2,21,22,24). The number of guanidine groups is 1. The van der Waals surface area contributed by atoms with Crippen LogP contribution in [0.15, 0.2) is 40.0 Å². The Kier molecular flexibility index (Phi) is 5.37. The molecule has 1 saturated carbocycles. The predicted molar refractivity (Wildman–Crippen MR) is 104 cm³/mol. The van der Waals surface area contributed by atoms with E-state index in [9.17, 15) is 14.4 Å². The molecule has 0 spiro atoms. The lowest BCUT2D eigenvalue weighted by molar-refractivity contribution is -0.140. The molecule has 9 nitrogen and oxygen atoms in total. The highest BCUT2D eigenvalue weighted by Gasteiger charge is 2.58. The lowest BCUT2D eigenvalue weighted by Crippen LogP contribution is -2.46.